The average Bonchev–Trinajstić information content (AvgIpc) is 2.16. The van der Waals surface area contributed by atoms with Crippen LogP contribution < -0.4 is 11.1 Å². The number of nitrogens with two attached hydrogens (primary N) is 1. The van der Waals surface area contributed by atoms with Gasteiger partial charge in [0.25, 0.3) is 0 Å². The lowest BCUT2D eigenvalue weighted by Gasteiger charge is -2.16. The highest BCUT2D eigenvalue weighted by atomic mass is 32.2. The molecule has 0 aromatic carbocycles. The van der Waals surface area contributed by atoms with Crippen LogP contribution in [0.3, 0.4) is 0 Å². The third kappa shape index (κ3) is 7.78. The molecule has 0 aliphatic carbocycles. The second-order valence-corrected chi connectivity index (χ2v) is 5.37. The van der Waals surface area contributed by atoms with Crippen LogP contribution in [0.1, 0.15) is 19.8 Å². The van der Waals surface area contributed by atoms with E-state index < -0.39 is 16.8 Å². The van der Waals surface area contributed by atoms with Gasteiger partial charge in [-0.25, -0.2) is 0 Å². The Morgan fingerprint density at radius 2 is 2.19 bits per heavy atom. The third-order valence-electron chi connectivity index (χ3n) is 2.07. The van der Waals surface area contributed by atoms with Gasteiger partial charge in [-0.3, -0.25) is 9.00 Å². The van der Waals surface area contributed by atoms with Gasteiger partial charge in [0.2, 0.25) is 5.91 Å². The Labute approximate surface area is 99.6 Å². The Kier molecular flexibility index (Phi) is 8.42. The summed E-state index contributed by atoms with van der Waals surface area (Å²) in [6, 6.07) is -0.616. The molecule has 96 valence electrons. The quantitative estimate of drug-likeness (QED) is 0.576. The maximum absolute atomic E-state index is 11.6. The molecule has 0 spiro atoms. The minimum Gasteiger partial charge on any atom is -0.385 e. The van der Waals surface area contributed by atoms with Gasteiger partial charge in [0.15, 0.2) is 0 Å². The fraction of sp³-hybridized carbons (Fsp3) is 0.900. The summed E-state index contributed by atoms with van der Waals surface area (Å²) in [5.41, 5.74) is 5.69. The molecule has 0 aliphatic rings. The molecule has 3 atom stereocenters. The molecule has 3 unspecified atom stereocenters. The van der Waals surface area contributed by atoms with Crippen LogP contribution in [0, 0.1) is 0 Å². The van der Waals surface area contributed by atoms with Crippen LogP contribution >= 0.6 is 0 Å². The van der Waals surface area contributed by atoms with Crippen LogP contribution in [0.25, 0.3) is 0 Å². The number of amides is 1. The monoisotopic (exact) mass is 250 g/mol. The van der Waals surface area contributed by atoms with Crippen LogP contribution in [0.5, 0.6) is 0 Å². The van der Waals surface area contributed by atoms with Crippen molar-refractivity contribution < 1.29 is 13.7 Å². The first kappa shape index (κ1) is 15.5. The van der Waals surface area contributed by atoms with Crippen molar-refractivity contribution in [2.45, 2.75) is 31.8 Å². The number of hydrogen-bond donors (Lipinski definition) is 2. The Morgan fingerprint density at radius 1 is 1.56 bits per heavy atom. The SMILES string of the molecule is COCCCC(N)C(=O)NC(C)CS(C)=O. The van der Waals surface area contributed by atoms with E-state index in [9.17, 15) is 9.00 Å². The van der Waals surface area contributed by atoms with E-state index in [1.807, 2.05) is 6.92 Å². The summed E-state index contributed by atoms with van der Waals surface area (Å²) in [5, 5.41) is 2.74. The summed E-state index contributed by atoms with van der Waals surface area (Å²) in [5.74, 6) is 0.269. The van der Waals surface area contributed by atoms with Crippen molar-refractivity contribution in [2.75, 3.05) is 25.7 Å². The fourth-order valence-corrected chi connectivity index (χ4v) is 2.11. The topological polar surface area (TPSA) is 81.4 Å². The van der Waals surface area contributed by atoms with E-state index >= 15 is 0 Å². The maximum atomic E-state index is 11.6. The van der Waals surface area contributed by atoms with Crippen molar-refractivity contribution in [2.24, 2.45) is 5.73 Å². The zero-order valence-electron chi connectivity index (χ0n) is 10.2. The summed E-state index contributed by atoms with van der Waals surface area (Å²) in [6.07, 6.45) is 2.97. The van der Waals surface area contributed by atoms with Gasteiger partial charge in [0.1, 0.15) is 0 Å². The summed E-state index contributed by atoms with van der Waals surface area (Å²) in [7, 11) is 0.708. The van der Waals surface area contributed by atoms with Gasteiger partial charge in [0, 0.05) is 42.6 Å². The molecule has 0 saturated heterocycles. The second-order valence-electron chi connectivity index (χ2n) is 3.89. The molecule has 0 aromatic rings. The van der Waals surface area contributed by atoms with Crippen molar-refractivity contribution >= 4 is 16.7 Å². The molecule has 0 heterocycles. The zero-order valence-corrected chi connectivity index (χ0v) is 11.0. The molecule has 0 aromatic heterocycles. The molecule has 1 amide bonds. The van der Waals surface area contributed by atoms with Gasteiger partial charge in [-0.1, -0.05) is 0 Å². The average molecular weight is 250 g/mol. The van der Waals surface area contributed by atoms with E-state index in [0.29, 0.717) is 18.8 Å². The van der Waals surface area contributed by atoms with E-state index in [0.717, 1.165) is 6.42 Å². The molecule has 0 bridgehead atoms. The molecular weight excluding hydrogens is 228 g/mol. The lowest BCUT2D eigenvalue weighted by molar-refractivity contribution is -0.123. The van der Waals surface area contributed by atoms with E-state index in [1.54, 1.807) is 13.4 Å². The number of carbonyl (C=O) groups is 1. The molecule has 0 fully saturated rings. The van der Waals surface area contributed by atoms with Gasteiger partial charge in [0.05, 0.1) is 6.04 Å². The fourth-order valence-electron chi connectivity index (χ4n) is 1.32. The van der Waals surface area contributed by atoms with E-state index in [1.165, 1.54) is 0 Å². The predicted molar refractivity (Wildman–Crippen MR) is 65.6 cm³/mol. The first-order valence-corrected chi connectivity index (χ1v) is 7.05. The highest BCUT2D eigenvalue weighted by Crippen LogP contribution is 1.96. The maximum Gasteiger partial charge on any atom is 0.237 e. The van der Waals surface area contributed by atoms with Crippen LogP contribution in [-0.2, 0) is 20.3 Å². The Hall–Kier alpha value is -0.460. The highest BCUT2D eigenvalue weighted by molar-refractivity contribution is 7.84. The molecule has 0 rings (SSSR count). The smallest absolute Gasteiger partial charge is 0.237 e. The molecule has 5 nitrogen and oxygen atoms in total. The largest absolute Gasteiger partial charge is 0.385 e. The van der Waals surface area contributed by atoms with Crippen molar-refractivity contribution in [1.29, 1.82) is 0 Å². The molecule has 0 saturated carbocycles. The van der Waals surface area contributed by atoms with Crippen LogP contribution in [-0.4, -0.2) is 47.9 Å². The van der Waals surface area contributed by atoms with Crippen molar-refractivity contribution in [3.05, 3.63) is 0 Å². The van der Waals surface area contributed by atoms with Crippen LogP contribution in [0.4, 0.5) is 0 Å². The van der Waals surface area contributed by atoms with Crippen molar-refractivity contribution in [3.8, 4) is 0 Å². The molecule has 6 heteroatoms. The Morgan fingerprint density at radius 3 is 2.69 bits per heavy atom. The van der Waals surface area contributed by atoms with Gasteiger partial charge >= 0.3 is 0 Å². The number of ether oxygens (including phenoxy) is 1. The van der Waals surface area contributed by atoms with Crippen molar-refractivity contribution in [1.82, 2.24) is 5.32 Å². The van der Waals surface area contributed by atoms with Crippen LogP contribution in [0.2, 0.25) is 0 Å². The number of carbonyl (C=O) groups excluding carboxylic acids is 1. The van der Waals surface area contributed by atoms with Gasteiger partial charge in [-0.05, 0) is 19.8 Å². The number of methoxy groups -OCH3 is 1. The van der Waals surface area contributed by atoms with Crippen molar-refractivity contribution in [3.63, 3.8) is 0 Å². The summed E-state index contributed by atoms with van der Waals surface area (Å²) in [6.45, 7) is 2.43. The minimum absolute atomic E-state index is 0.105. The van der Waals surface area contributed by atoms with Gasteiger partial charge < -0.3 is 15.8 Å². The molecule has 16 heavy (non-hydrogen) atoms. The number of hydrogen-bond acceptors (Lipinski definition) is 4. The molecule has 0 radical (unpaired) electrons. The van der Waals surface area contributed by atoms with Crippen LogP contribution in [0.15, 0.2) is 0 Å². The first-order valence-electron chi connectivity index (χ1n) is 5.32. The number of nitrogens with one attached hydrogen (secondary N) is 1. The standard InChI is InChI=1S/C10H22N2O3S/c1-8(7-16(3)14)12-10(13)9(11)5-4-6-15-2/h8-9H,4-7,11H2,1-3H3,(H,12,13). The van der Waals surface area contributed by atoms with E-state index in [4.69, 9.17) is 10.5 Å². The highest BCUT2D eigenvalue weighted by Gasteiger charge is 2.15. The lowest BCUT2D eigenvalue weighted by atomic mass is 10.1. The minimum atomic E-state index is -0.908. The molecule has 0 aliphatic heterocycles. The Bertz CT molecular complexity index is 236. The summed E-state index contributed by atoms with van der Waals surface area (Å²) >= 11 is 0. The lowest BCUT2D eigenvalue weighted by Crippen LogP contribution is -2.46. The summed E-state index contributed by atoms with van der Waals surface area (Å²) in [4.78, 5) is 11.6. The normalized spacial score (nSPS) is 16.5. The third-order valence-corrected chi connectivity index (χ3v) is 3.04. The molecule has 3 N–H and O–H groups in total. The number of rotatable bonds is 8. The van der Waals surface area contributed by atoms with Gasteiger partial charge in [-0.15, -0.1) is 0 Å². The zero-order chi connectivity index (χ0) is 12.6. The molecular formula is C10H22N2O3S. The van der Waals surface area contributed by atoms with E-state index in [-0.39, 0.29) is 11.9 Å². The first-order chi connectivity index (χ1) is 7.47. The Balaban J connectivity index is 3.81. The summed E-state index contributed by atoms with van der Waals surface area (Å²) < 4.78 is 15.8. The van der Waals surface area contributed by atoms with Gasteiger partial charge in [-0.2, -0.15) is 0 Å². The second kappa shape index (κ2) is 8.66. The van der Waals surface area contributed by atoms with E-state index in [2.05, 4.69) is 5.32 Å². The predicted octanol–water partition coefficient (Wildman–Crippen LogP) is -0.376.